The topological polar surface area (TPSA) is 46.5 Å². The summed E-state index contributed by atoms with van der Waals surface area (Å²) < 4.78 is 5.97. The Kier molecular flexibility index (Phi) is 3.35. The Hall–Kier alpha value is -0.570. The first kappa shape index (κ1) is 12.5. The molecular weight excluding hydrogens is 228 g/mol. The quantitative estimate of drug-likeness (QED) is 0.820. The average Bonchev–Trinajstić information content (AvgIpc) is 2.37. The molecular formula is C15H24O3. The van der Waals surface area contributed by atoms with Crippen molar-refractivity contribution < 1.29 is 14.6 Å². The van der Waals surface area contributed by atoms with Gasteiger partial charge in [0.25, 0.3) is 0 Å². The van der Waals surface area contributed by atoms with E-state index in [1.54, 1.807) is 0 Å². The van der Waals surface area contributed by atoms with E-state index in [9.17, 15) is 9.90 Å². The molecule has 1 saturated heterocycles. The van der Waals surface area contributed by atoms with Gasteiger partial charge in [0.15, 0.2) is 0 Å². The van der Waals surface area contributed by atoms with Gasteiger partial charge >= 0.3 is 5.97 Å². The zero-order valence-corrected chi connectivity index (χ0v) is 11.1. The normalized spacial score (nSPS) is 39.2. The fraction of sp³-hybridized carbons (Fsp3) is 0.933. The first-order chi connectivity index (χ1) is 8.70. The SMILES string of the molecule is O=C(O)C1CCCCC1C1CCOC2(CCC2)C1. The summed E-state index contributed by atoms with van der Waals surface area (Å²) in [5.74, 6) is 0.367. The summed E-state index contributed by atoms with van der Waals surface area (Å²) in [6.45, 7) is 0.855. The number of carbonyl (C=O) groups is 1. The minimum atomic E-state index is -0.561. The van der Waals surface area contributed by atoms with Crippen molar-refractivity contribution in [2.75, 3.05) is 6.61 Å². The standard InChI is InChI=1S/C15H24O3/c16-14(17)13-5-2-1-4-12(13)11-6-9-18-15(10-11)7-3-8-15/h11-13H,1-10H2,(H,16,17). The first-order valence-corrected chi connectivity index (χ1v) is 7.57. The predicted octanol–water partition coefficient (Wildman–Crippen LogP) is 3.23. The highest BCUT2D eigenvalue weighted by atomic mass is 16.5. The molecule has 3 rings (SSSR count). The molecule has 3 unspecified atom stereocenters. The molecule has 0 aromatic carbocycles. The number of carboxylic acids is 1. The Morgan fingerprint density at radius 2 is 1.89 bits per heavy atom. The van der Waals surface area contributed by atoms with Gasteiger partial charge in [0.1, 0.15) is 0 Å². The molecule has 0 aromatic heterocycles. The van der Waals surface area contributed by atoms with Gasteiger partial charge in [0.2, 0.25) is 0 Å². The van der Waals surface area contributed by atoms with Crippen LogP contribution in [0, 0.1) is 17.8 Å². The summed E-state index contributed by atoms with van der Waals surface area (Å²) in [5.41, 5.74) is 0.156. The van der Waals surface area contributed by atoms with Crippen LogP contribution >= 0.6 is 0 Å². The van der Waals surface area contributed by atoms with Crippen LogP contribution in [0.5, 0.6) is 0 Å². The van der Waals surface area contributed by atoms with Gasteiger partial charge in [-0.25, -0.2) is 0 Å². The number of hydrogen-bond donors (Lipinski definition) is 1. The summed E-state index contributed by atoms with van der Waals surface area (Å²) >= 11 is 0. The maximum atomic E-state index is 11.4. The van der Waals surface area contributed by atoms with E-state index in [1.165, 1.54) is 25.7 Å². The van der Waals surface area contributed by atoms with E-state index in [2.05, 4.69) is 0 Å². The average molecular weight is 252 g/mol. The van der Waals surface area contributed by atoms with Gasteiger partial charge in [-0.3, -0.25) is 4.79 Å². The molecule has 2 aliphatic carbocycles. The summed E-state index contributed by atoms with van der Waals surface area (Å²) in [7, 11) is 0. The van der Waals surface area contributed by atoms with E-state index in [0.29, 0.717) is 11.8 Å². The fourth-order valence-corrected chi connectivity index (χ4v) is 4.38. The van der Waals surface area contributed by atoms with Gasteiger partial charge in [-0.1, -0.05) is 12.8 Å². The lowest BCUT2D eigenvalue weighted by Gasteiger charge is -2.50. The maximum Gasteiger partial charge on any atom is 0.306 e. The molecule has 3 heteroatoms. The van der Waals surface area contributed by atoms with Crippen LogP contribution < -0.4 is 0 Å². The largest absolute Gasteiger partial charge is 0.481 e. The molecule has 102 valence electrons. The molecule has 1 heterocycles. The van der Waals surface area contributed by atoms with Gasteiger partial charge in [-0.15, -0.1) is 0 Å². The van der Waals surface area contributed by atoms with Gasteiger partial charge in [-0.05, 0) is 56.8 Å². The van der Waals surface area contributed by atoms with E-state index in [0.717, 1.165) is 38.7 Å². The summed E-state index contributed by atoms with van der Waals surface area (Å²) in [4.78, 5) is 11.4. The Morgan fingerprint density at radius 1 is 1.11 bits per heavy atom. The molecule has 1 spiro atoms. The van der Waals surface area contributed by atoms with E-state index in [-0.39, 0.29) is 11.5 Å². The van der Waals surface area contributed by atoms with Crippen LogP contribution in [0.1, 0.15) is 57.8 Å². The third-order valence-electron chi connectivity index (χ3n) is 5.54. The Morgan fingerprint density at radius 3 is 2.56 bits per heavy atom. The number of hydrogen-bond acceptors (Lipinski definition) is 2. The molecule has 3 nitrogen and oxygen atoms in total. The van der Waals surface area contributed by atoms with Crippen LogP contribution in [0.4, 0.5) is 0 Å². The number of carboxylic acid groups (broad SMARTS) is 1. The van der Waals surface area contributed by atoms with Crippen LogP contribution in [-0.2, 0) is 9.53 Å². The molecule has 0 bridgehead atoms. The third-order valence-corrected chi connectivity index (χ3v) is 5.54. The highest BCUT2D eigenvalue weighted by Crippen LogP contribution is 2.49. The highest BCUT2D eigenvalue weighted by Gasteiger charge is 2.46. The molecule has 1 aliphatic heterocycles. The lowest BCUT2D eigenvalue weighted by molar-refractivity contribution is -0.162. The van der Waals surface area contributed by atoms with E-state index < -0.39 is 5.97 Å². The Balaban J connectivity index is 1.69. The van der Waals surface area contributed by atoms with Crippen LogP contribution in [0.15, 0.2) is 0 Å². The lowest BCUT2D eigenvalue weighted by Crippen LogP contribution is -2.48. The van der Waals surface area contributed by atoms with Crippen LogP contribution in [0.3, 0.4) is 0 Å². The van der Waals surface area contributed by atoms with E-state index >= 15 is 0 Å². The van der Waals surface area contributed by atoms with Crippen molar-refractivity contribution in [2.45, 2.75) is 63.4 Å². The minimum absolute atomic E-state index is 0.0843. The Labute approximate surface area is 109 Å². The second kappa shape index (κ2) is 4.84. The zero-order chi connectivity index (χ0) is 12.6. The number of rotatable bonds is 2. The van der Waals surface area contributed by atoms with Gasteiger partial charge < -0.3 is 9.84 Å². The molecule has 0 radical (unpaired) electrons. The van der Waals surface area contributed by atoms with Gasteiger partial charge in [-0.2, -0.15) is 0 Å². The van der Waals surface area contributed by atoms with E-state index in [4.69, 9.17) is 4.74 Å². The Bertz CT molecular complexity index is 322. The van der Waals surface area contributed by atoms with Crippen molar-refractivity contribution in [1.82, 2.24) is 0 Å². The second-order valence-corrected chi connectivity index (χ2v) is 6.53. The third kappa shape index (κ3) is 2.18. The molecule has 3 atom stereocenters. The molecule has 0 amide bonds. The van der Waals surface area contributed by atoms with Crippen molar-refractivity contribution in [2.24, 2.45) is 17.8 Å². The molecule has 2 saturated carbocycles. The molecule has 3 fully saturated rings. The van der Waals surface area contributed by atoms with E-state index in [1.807, 2.05) is 0 Å². The summed E-state index contributed by atoms with van der Waals surface area (Å²) in [5, 5.41) is 9.41. The van der Waals surface area contributed by atoms with Crippen LogP contribution in [0.2, 0.25) is 0 Å². The lowest BCUT2D eigenvalue weighted by atomic mass is 9.64. The van der Waals surface area contributed by atoms with Gasteiger partial charge in [0, 0.05) is 6.61 Å². The molecule has 1 N–H and O–H groups in total. The molecule has 18 heavy (non-hydrogen) atoms. The van der Waals surface area contributed by atoms with Crippen LogP contribution in [0.25, 0.3) is 0 Å². The van der Waals surface area contributed by atoms with Crippen molar-refractivity contribution in [1.29, 1.82) is 0 Å². The first-order valence-electron chi connectivity index (χ1n) is 7.57. The maximum absolute atomic E-state index is 11.4. The zero-order valence-electron chi connectivity index (χ0n) is 11.1. The fourth-order valence-electron chi connectivity index (χ4n) is 4.38. The number of aliphatic carboxylic acids is 1. The van der Waals surface area contributed by atoms with Crippen molar-refractivity contribution in [3.63, 3.8) is 0 Å². The van der Waals surface area contributed by atoms with Crippen molar-refractivity contribution in [3.05, 3.63) is 0 Å². The van der Waals surface area contributed by atoms with Gasteiger partial charge in [0.05, 0.1) is 11.5 Å². The monoisotopic (exact) mass is 252 g/mol. The molecule has 0 aromatic rings. The van der Waals surface area contributed by atoms with Crippen molar-refractivity contribution in [3.8, 4) is 0 Å². The minimum Gasteiger partial charge on any atom is -0.481 e. The predicted molar refractivity (Wildman–Crippen MR) is 68.3 cm³/mol. The van der Waals surface area contributed by atoms with Crippen LogP contribution in [-0.4, -0.2) is 23.3 Å². The summed E-state index contributed by atoms with van der Waals surface area (Å²) in [6.07, 6.45) is 10.2. The smallest absolute Gasteiger partial charge is 0.306 e. The summed E-state index contributed by atoms with van der Waals surface area (Å²) in [6, 6.07) is 0. The van der Waals surface area contributed by atoms with Crippen molar-refractivity contribution >= 4 is 5.97 Å². The second-order valence-electron chi connectivity index (χ2n) is 6.53. The highest BCUT2D eigenvalue weighted by molar-refractivity contribution is 5.70. The molecule has 3 aliphatic rings. The number of ether oxygens (including phenoxy) is 1.